The van der Waals surface area contributed by atoms with Crippen molar-refractivity contribution in [3.8, 4) is 11.6 Å². The van der Waals surface area contributed by atoms with E-state index in [2.05, 4.69) is 20.9 Å². The summed E-state index contributed by atoms with van der Waals surface area (Å²) in [4.78, 5) is 4.26. The zero-order valence-corrected chi connectivity index (χ0v) is 10.4. The summed E-state index contributed by atoms with van der Waals surface area (Å²) in [5.74, 6) is 1.23. The molecule has 0 radical (unpaired) electrons. The van der Waals surface area contributed by atoms with Gasteiger partial charge in [0.15, 0.2) is 0 Å². The van der Waals surface area contributed by atoms with Gasteiger partial charge in [0.25, 0.3) is 0 Å². The normalized spacial score (nSPS) is 10.1. The molecule has 0 saturated heterocycles. The number of halogens is 1. The second-order valence-corrected chi connectivity index (χ2v) is 4.17. The molecule has 0 aliphatic heterocycles. The number of rotatable bonds is 2. The van der Waals surface area contributed by atoms with E-state index in [0.29, 0.717) is 17.3 Å². The molecule has 2 rings (SSSR count). The summed E-state index contributed by atoms with van der Waals surface area (Å²) < 4.78 is 6.38. The molecule has 0 unspecified atom stereocenters. The first kappa shape index (κ1) is 11.0. The van der Waals surface area contributed by atoms with Crippen molar-refractivity contribution in [1.29, 1.82) is 0 Å². The maximum atomic E-state index is 5.76. The van der Waals surface area contributed by atoms with Gasteiger partial charge in [0.05, 0.1) is 4.47 Å². The van der Waals surface area contributed by atoms with E-state index in [1.807, 2.05) is 37.3 Å². The van der Waals surface area contributed by atoms with Crippen molar-refractivity contribution in [3.05, 3.63) is 46.6 Å². The third-order valence-corrected chi connectivity index (χ3v) is 2.92. The van der Waals surface area contributed by atoms with Crippen LogP contribution in [0.15, 0.2) is 40.9 Å². The van der Waals surface area contributed by atoms with Crippen molar-refractivity contribution in [2.45, 2.75) is 6.92 Å². The summed E-state index contributed by atoms with van der Waals surface area (Å²) in [6.45, 7) is 1.92. The van der Waals surface area contributed by atoms with E-state index < -0.39 is 0 Å². The summed E-state index contributed by atoms with van der Waals surface area (Å²) >= 11 is 3.38. The number of pyridine rings is 1. The molecule has 0 saturated carbocycles. The Morgan fingerprint density at radius 2 is 1.94 bits per heavy atom. The number of nitrogens with two attached hydrogens (primary N) is 1. The van der Waals surface area contributed by atoms with Crippen LogP contribution in [-0.4, -0.2) is 4.98 Å². The number of benzene rings is 1. The standard InChI is InChI=1S/C12H11BrN2O/c1-8-4-2-7-11(15-8)16-10-6-3-5-9(14)12(10)13/h2-7H,14H2,1H3. The van der Waals surface area contributed by atoms with Crippen LogP contribution in [0.2, 0.25) is 0 Å². The number of nitrogens with zero attached hydrogens (tertiary/aromatic N) is 1. The zero-order chi connectivity index (χ0) is 11.5. The fourth-order valence-electron chi connectivity index (χ4n) is 1.29. The van der Waals surface area contributed by atoms with E-state index in [4.69, 9.17) is 10.5 Å². The van der Waals surface area contributed by atoms with Gasteiger partial charge >= 0.3 is 0 Å². The van der Waals surface area contributed by atoms with E-state index in [-0.39, 0.29) is 0 Å². The minimum Gasteiger partial charge on any atom is -0.438 e. The van der Waals surface area contributed by atoms with Crippen molar-refractivity contribution in [2.24, 2.45) is 0 Å². The van der Waals surface area contributed by atoms with E-state index in [1.54, 1.807) is 6.07 Å². The summed E-state index contributed by atoms with van der Waals surface area (Å²) in [6.07, 6.45) is 0. The summed E-state index contributed by atoms with van der Waals surface area (Å²) in [5, 5.41) is 0. The molecule has 1 heterocycles. The molecule has 82 valence electrons. The number of hydrogen-bond donors (Lipinski definition) is 1. The lowest BCUT2D eigenvalue weighted by Gasteiger charge is -2.08. The van der Waals surface area contributed by atoms with Crippen molar-refractivity contribution in [1.82, 2.24) is 4.98 Å². The van der Waals surface area contributed by atoms with E-state index in [1.165, 1.54) is 0 Å². The van der Waals surface area contributed by atoms with Crippen molar-refractivity contribution in [2.75, 3.05) is 5.73 Å². The lowest BCUT2D eigenvalue weighted by molar-refractivity contribution is 0.459. The van der Waals surface area contributed by atoms with Crippen LogP contribution in [0.1, 0.15) is 5.69 Å². The van der Waals surface area contributed by atoms with Gasteiger partial charge in [0.1, 0.15) is 5.75 Å². The van der Waals surface area contributed by atoms with Gasteiger partial charge < -0.3 is 10.5 Å². The van der Waals surface area contributed by atoms with Crippen LogP contribution >= 0.6 is 15.9 Å². The minimum absolute atomic E-state index is 0.561. The molecular weight excluding hydrogens is 268 g/mol. The number of aromatic nitrogens is 1. The molecule has 16 heavy (non-hydrogen) atoms. The molecule has 0 bridgehead atoms. The SMILES string of the molecule is Cc1cccc(Oc2cccc(N)c2Br)n1. The van der Waals surface area contributed by atoms with Gasteiger partial charge in [-0.1, -0.05) is 12.1 Å². The first-order valence-corrected chi connectivity index (χ1v) is 5.61. The first-order chi connectivity index (χ1) is 7.66. The maximum Gasteiger partial charge on any atom is 0.219 e. The van der Waals surface area contributed by atoms with Crippen LogP contribution in [0.25, 0.3) is 0 Å². The number of ether oxygens (including phenoxy) is 1. The van der Waals surface area contributed by atoms with E-state index in [0.717, 1.165) is 10.2 Å². The first-order valence-electron chi connectivity index (χ1n) is 4.82. The quantitative estimate of drug-likeness (QED) is 0.855. The Morgan fingerprint density at radius 1 is 1.19 bits per heavy atom. The smallest absolute Gasteiger partial charge is 0.219 e. The van der Waals surface area contributed by atoms with Gasteiger partial charge in [-0.25, -0.2) is 4.98 Å². The van der Waals surface area contributed by atoms with Crippen molar-refractivity contribution >= 4 is 21.6 Å². The number of hydrogen-bond acceptors (Lipinski definition) is 3. The van der Waals surface area contributed by atoms with Crippen LogP contribution in [0.3, 0.4) is 0 Å². The average molecular weight is 279 g/mol. The third kappa shape index (κ3) is 2.33. The monoisotopic (exact) mass is 278 g/mol. The average Bonchev–Trinajstić information content (AvgIpc) is 2.25. The highest BCUT2D eigenvalue weighted by atomic mass is 79.9. The highest BCUT2D eigenvalue weighted by molar-refractivity contribution is 9.10. The summed E-state index contributed by atoms with van der Waals surface area (Å²) in [6, 6.07) is 11.1. The second-order valence-electron chi connectivity index (χ2n) is 3.38. The Balaban J connectivity index is 2.31. The Morgan fingerprint density at radius 3 is 2.69 bits per heavy atom. The van der Waals surface area contributed by atoms with Crippen LogP contribution in [0.4, 0.5) is 5.69 Å². The van der Waals surface area contributed by atoms with Crippen LogP contribution < -0.4 is 10.5 Å². The Bertz CT molecular complexity index is 514. The van der Waals surface area contributed by atoms with E-state index >= 15 is 0 Å². The Kier molecular flexibility index (Phi) is 3.10. The molecule has 0 aliphatic carbocycles. The molecule has 0 aliphatic rings. The predicted molar refractivity (Wildman–Crippen MR) is 67.6 cm³/mol. The molecule has 1 aromatic heterocycles. The molecule has 3 nitrogen and oxygen atoms in total. The van der Waals surface area contributed by atoms with Gasteiger partial charge in [-0.3, -0.25) is 0 Å². The highest BCUT2D eigenvalue weighted by Crippen LogP contribution is 2.32. The predicted octanol–water partition coefficient (Wildman–Crippen LogP) is 3.53. The molecule has 0 spiro atoms. The van der Waals surface area contributed by atoms with Gasteiger partial charge in [0, 0.05) is 17.4 Å². The molecule has 0 atom stereocenters. The topological polar surface area (TPSA) is 48.1 Å². The molecular formula is C12H11BrN2O. The third-order valence-electron chi connectivity index (χ3n) is 2.07. The maximum absolute atomic E-state index is 5.76. The molecule has 2 N–H and O–H groups in total. The number of aryl methyl sites for hydroxylation is 1. The largest absolute Gasteiger partial charge is 0.438 e. The van der Waals surface area contributed by atoms with Gasteiger partial charge in [-0.15, -0.1) is 0 Å². The van der Waals surface area contributed by atoms with Crippen molar-refractivity contribution < 1.29 is 4.74 Å². The highest BCUT2D eigenvalue weighted by Gasteiger charge is 2.05. The lowest BCUT2D eigenvalue weighted by Crippen LogP contribution is -1.92. The Hall–Kier alpha value is -1.55. The fourth-order valence-corrected chi connectivity index (χ4v) is 1.64. The van der Waals surface area contributed by atoms with E-state index in [9.17, 15) is 0 Å². The van der Waals surface area contributed by atoms with Crippen molar-refractivity contribution in [3.63, 3.8) is 0 Å². The number of anilines is 1. The van der Waals surface area contributed by atoms with Crippen LogP contribution in [0, 0.1) is 6.92 Å². The summed E-state index contributed by atoms with van der Waals surface area (Å²) in [7, 11) is 0. The lowest BCUT2D eigenvalue weighted by atomic mass is 10.3. The number of nitrogen functional groups attached to an aromatic ring is 1. The fraction of sp³-hybridized carbons (Fsp3) is 0.0833. The van der Waals surface area contributed by atoms with Gasteiger partial charge in [-0.05, 0) is 41.1 Å². The van der Waals surface area contributed by atoms with Crippen LogP contribution in [-0.2, 0) is 0 Å². The zero-order valence-electron chi connectivity index (χ0n) is 8.77. The minimum atomic E-state index is 0.561. The van der Waals surface area contributed by atoms with Crippen LogP contribution in [0.5, 0.6) is 11.6 Å². The Labute approximate surface area is 102 Å². The molecule has 2 aromatic rings. The molecule has 1 aromatic carbocycles. The van der Waals surface area contributed by atoms with Gasteiger partial charge in [-0.2, -0.15) is 0 Å². The second kappa shape index (κ2) is 4.53. The van der Waals surface area contributed by atoms with Gasteiger partial charge in [0.2, 0.25) is 5.88 Å². The molecule has 0 fully saturated rings. The molecule has 0 amide bonds. The summed E-state index contributed by atoms with van der Waals surface area (Å²) in [5.41, 5.74) is 7.31. The molecule has 4 heteroatoms.